The van der Waals surface area contributed by atoms with Crippen molar-refractivity contribution >= 4 is 12.6 Å². The first-order chi connectivity index (χ1) is 7.40. The van der Waals surface area contributed by atoms with Crippen LogP contribution in [0.5, 0.6) is 0 Å². The number of pyridine rings is 1. The van der Waals surface area contributed by atoms with E-state index >= 15 is 0 Å². The number of rotatable bonds is 4. The molecule has 0 spiro atoms. The van der Waals surface area contributed by atoms with Crippen LogP contribution >= 0.6 is 12.6 Å². The van der Waals surface area contributed by atoms with Crippen molar-refractivity contribution in [3.63, 3.8) is 0 Å². The maximum atomic E-state index is 4.90. The van der Waals surface area contributed by atoms with Gasteiger partial charge in [-0.2, -0.15) is 5.10 Å². The Morgan fingerprint density at radius 1 is 1.33 bits per heavy atom. The number of aryl methyl sites for hydroxylation is 1. The maximum absolute atomic E-state index is 4.90. The third-order valence-corrected chi connectivity index (χ3v) is 2.42. The fraction of sp³-hybridized carbons (Fsp3) is 0.273. The predicted octanol–water partition coefficient (Wildman–Crippen LogP) is 2.53. The average Bonchev–Trinajstić information content (AvgIpc) is 2.76. The molecule has 0 N–H and O–H groups in total. The summed E-state index contributed by atoms with van der Waals surface area (Å²) in [5, 5.41) is 4.45. The fourth-order valence-electron chi connectivity index (χ4n) is 1.38. The van der Waals surface area contributed by atoms with E-state index in [0.717, 1.165) is 30.0 Å². The lowest BCUT2D eigenvalue weighted by molar-refractivity contribution is 0.608. The van der Waals surface area contributed by atoms with Crippen LogP contribution in [0.3, 0.4) is 0 Å². The highest BCUT2D eigenvalue weighted by Crippen LogP contribution is 2.14. The first kappa shape index (κ1) is 10.2. The van der Waals surface area contributed by atoms with Crippen molar-refractivity contribution in [1.82, 2.24) is 14.8 Å². The van der Waals surface area contributed by atoms with Crippen molar-refractivity contribution in [2.45, 2.75) is 13.0 Å². The van der Waals surface area contributed by atoms with Crippen molar-refractivity contribution in [3.05, 3.63) is 36.8 Å². The van der Waals surface area contributed by atoms with Gasteiger partial charge >= 0.3 is 0 Å². The number of nitrogens with zero attached hydrogens (tertiary/aromatic N) is 3. The zero-order valence-corrected chi connectivity index (χ0v) is 9.15. The van der Waals surface area contributed by atoms with Gasteiger partial charge in [-0.05, 0) is 24.6 Å². The van der Waals surface area contributed by atoms with Gasteiger partial charge in [0.2, 0.25) is 0 Å². The molecule has 0 unspecified atom stereocenters. The van der Waals surface area contributed by atoms with E-state index in [9.17, 15) is 0 Å². The second-order valence-corrected chi connectivity index (χ2v) is 3.67. The lowest BCUT2D eigenvalue weighted by Crippen LogP contribution is -1.99. The van der Waals surface area contributed by atoms with Crippen LogP contribution in [-0.4, -0.2) is 20.5 Å². The van der Waals surface area contributed by atoms with E-state index in [0.29, 0.717) is 0 Å². The quantitative estimate of drug-likeness (QED) is 0.789. The molecule has 2 aromatic rings. The van der Waals surface area contributed by atoms with Gasteiger partial charge in [-0.15, -0.1) is 0 Å². The summed E-state index contributed by atoms with van der Waals surface area (Å²) in [5.74, 6) is 0.780. The van der Waals surface area contributed by atoms with Gasteiger partial charge in [-0.1, -0.05) is 12.6 Å². The Hall–Kier alpha value is -1.29. The van der Waals surface area contributed by atoms with Gasteiger partial charge < -0.3 is 0 Å². The third-order valence-electron chi connectivity index (χ3n) is 2.13. The van der Waals surface area contributed by atoms with Crippen LogP contribution < -0.4 is 0 Å². The van der Waals surface area contributed by atoms with E-state index in [1.165, 1.54) is 0 Å². The lowest BCUT2D eigenvalue weighted by Gasteiger charge is -1.98. The van der Waals surface area contributed by atoms with Crippen molar-refractivity contribution in [2.75, 3.05) is 5.75 Å². The summed E-state index contributed by atoms with van der Waals surface area (Å²) < 4.78 is 1.93. The van der Waals surface area contributed by atoms with Gasteiger partial charge in [0.05, 0.1) is 5.69 Å². The molecule has 0 aliphatic heterocycles. The molecule has 4 heteroatoms. The van der Waals surface area contributed by atoms with Crippen molar-refractivity contribution in [2.24, 2.45) is 0 Å². The van der Waals surface area contributed by atoms with Crippen molar-refractivity contribution < 1.29 is 0 Å². The monoisotopic (exact) mass is 218 g/mol. The minimum absolute atomic E-state index is 0.780. The summed E-state index contributed by atoms with van der Waals surface area (Å²) in [6.45, 7) is 0.893. The summed E-state index contributed by atoms with van der Waals surface area (Å²) in [5.41, 5.74) is 2.02. The molecule has 2 heterocycles. The van der Waals surface area contributed by atoms with Crippen molar-refractivity contribution in [1.29, 1.82) is 0 Å². The molecular weight excluding hydrogens is 206 g/mol. The molecule has 0 aliphatic rings. The Bertz CT molecular complexity index is 411. The zero-order chi connectivity index (χ0) is 10.5. The highest BCUT2D eigenvalue weighted by Gasteiger charge is 2.01. The Morgan fingerprint density at radius 3 is 3.00 bits per heavy atom. The van der Waals surface area contributed by atoms with Crippen LogP contribution in [0.1, 0.15) is 6.42 Å². The molecule has 0 aliphatic carbocycles. The Balaban J connectivity index is 2.14. The van der Waals surface area contributed by atoms with E-state index in [4.69, 9.17) is 12.6 Å². The molecule has 2 aromatic heterocycles. The van der Waals surface area contributed by atoms with E-state index < -0.39 is 0 Å². The van der Waals surface area contributed by atoms with E-state index in [1.807, 2.05) is 35.3 Å². The van der Waals surface area contributed by atoms with E-state index in [-0.39, 0.29) is 0 Å². The second kappa shape index (κ2) is 4.98. The second-order valence-electron chi connectivity index (χ2n) is 3.26. The summed E-state index contributed by atoms with van der Waals surface area (Å²) in [4.78, 5) is 4.07. The smallest absolute Gasteiger partial charge is 0.0938 e. The van der Waals surface area contributed by atoms with Crippen LogP contribution in [0.15, 0.2) is 36.8 Å². The molecule has 77 valence electrons. The van der Waals surface area contributed by atoms with Crippen LogP contribution in [0.2, 0.25) is 0 Å². The maximum Gasteiger partial charge on any atom is 0.0938 e. The van der Waals surface area contributed by atoms with Crippen molar-refractivity contribution in [3.8, 4) is 11.3 Å². The Kier molecular flexibility index (Phi) is 3.40. The summed E-state index contributed by atoms with van der Waals surface area (Å²) in [6.07, 6.45) is 6.55. The van der Waals surface area contributed by atoms with Gasteiger partial charge in [-0.3, -0.25) is 9.67 Å². The number of hydrogen-bond donors (Lipinski definition) is 0. The molecule has 1 radical (unpaired) electrons. The topological polar surface area (TPSA) is 30.7 Å². The van der Waals surface area contributed by atoms with E-state index in [2.05, 4.69) is 10.1 Å². The summed E-state index contributed by atoms with van der Waals surface area (Å²) >= 11 is 4.90. The highest BCUT2D eigenvalue weighted by atomic mass is 32.1. The van der Waals surface area contributed by atoms with E-state index in [1.54, 1.807) is 6.20 Å². The highest BCUT2D eigenvalue weighted by molar-refractivity contribution is 7.80. The van der Waals surface area contributed by atoms with Gasteiger partial charge in [0.15, 0.2) is 0 Å². The standard InChI is InChI=1S/C11H12N3S/c15-8-2-6-14-7-4-11(13-14)10-3-1-5-12-9-10/h1,3-5,7,9H,2,6,8H2. The molecule has 0 saturated heterocycles. The molecule has 0 aromatic carbocycles. The van der Waals surface area contributed by atoms with Crippen LogP contribution in [0.25, 0.3) is 11.3 Å². The van der Waals surface area contributed by atoms with Crippen LogP contribution in [0, 0.1) is 0 Å². The fourth-order valence-corrected chi connectivity index (χ4v) is 1.51. The van der Waals surface area contributed by atoms with Gasteiger partial charge in [0.25, 0.3) is 0 Å². The minimum Gasteiger partial charge on any atom is -0.272 e. The van der Waals surface area contributed by atoms with Gasteiger partial charge in [0.1, 0.15) is 0 Å². The Morgan fingerprint density at radius 2 is 2.27 bits per heavy atom. The number of hydrogen-bond acceptors (Lipinski definition) is 2. The summed E-state index contributed by atoms with van der Waals surface area (Å²) in [7, 11) is 0. The number of aromatic nitrogens is 3. The molecule has 0 bridgehead atoms. The predicted molar refractivity (Wildman–Crippen MR) is 62.5 cm³/mol. The van der Waals surface area contributed by atoms with Gasteiger partial charge in [0, 0.05) is 36.5 Å². The first-order valence-corrected chi connectivity index (χ1v) is 5.50. The molecule has 2 rings (SSSR count). The average molecular weight is 218 g/mol. The minimum atomic E-state index is 0.780. The normalized spacial score (nSPS) is 10.5. The van der Waals surface area contributed by atoms with Gasteiger partial charge in [-0.25, -0.2) is 0 Å². The third kappa shape index (κ3) is 2.59. The Labute approximate surface area is 94.6 Å². The SMILES string of the molecule is [S]CCCn1ccc(-c2cccnc2)n1. The molecule has 0 saturated carbocycles. The van der Waals surface area contributed by atoms with Crippen LogP contribution in [0.4, 0.5) is 0 Å². The summed E-state index contributed by atoms with van der Waals surface area (Å²) in [6, 6.07) is 5.92. The first-order valence-electron chi connectivity index (χ1n) is 4.92. The molecule has 0 fully saturated rings. The lowest BCUT2D eigenvalue weighted by atomic mass is 10.2. The largest absolute Gasteiger partial charge is 0.272 e. The molecular formula is C11H12N3S. The molecule has 3 nitrogen and oxygen atoms in total. The van der Waals surface area contributed by atoms with Crippen LogP contribution in [-0.2, 0) is 6.54 Å². The molecule has 0 amide bonds. The molecule has 0 atom stereocenters. The zero-order valence-electron chi connectivity index (χ0n) is 8.34. The molecule has 15 heavy (non-hydrogen) atoms.